The first kappa shape index (κ1) is 18.6. The first-order valence-electron chi connectivity index (χ1n) is 6.81. The second-order valence-corrected chi connectivity index (χ2v) is 3.77. The van der Waals surface area contributed by atoms with Crippen molar-refractivity contribution >= 4 is 17.8 Å². The van der Waals surface area contributed by atoms with Crippen LogP contribution in [-0.2, 0) is 14.3 Å². The van der Waals surface area contributed by atoms with Crippen molar-refractivity contribution in [2.24, 2.45) is 0 Å². The molecule has 2 N–H and O–H groups in total. The minimum atomic E-state index is -1.17. The van der Waals surface area contributed by atoms with Crippen molar-refractivity contribution in [3.05, 3.63) is 35.7 Å². The molecule has 0 atom stereocenters. The van der Waals surface area contributed by atoms with Gasteiger partial charge in [-0.2, -0.15) is 0 Å². The predicted octanol–water partition coefficient (Wildman–Crippen LogP) is 2.75. The van der Waals surface area contributed by atoms with Crippen molar-refractivity contribution in [1.29, 1.82) is 0 Å². The van der Waals surface area contributed by atoms with E-state index in [-0.39, 0.29) is 18.6 Å². The van der Waals surface area contributed by atoms with E-state index in [1.807, 2.05) is 26.8 Å². The largest absolute Gasteiger partial charge is 0.478 e. The Balaban J connectivity index is 0.00000191. The Labute approximate surface area is 124 Å². The maximum atomic E-state index is 11.3. The summed E-state index contributed by atoms with van der Waals surface area (Å²) in [6, 6.07) is 5.32. The first-order chi connectivity index (χ1) is 10.0. The Morgan fingerprint density at radius 1 is 1.38 bits per heavy atom. The van der Waals surface area contributed by atoms with Crippen LogP contribution in [0.15, 0.2) is 30.0 Å². The molecule has 0 radical (unpaired) electrons. The van der Waals surface area contributed by atoms with Crippen LogP contribution in [0, 0.1) is 6.92 Å². The molecule has 116 valence electrons. The highest BCUT2D eigenvalue weighted by atomic mass is 16.5. The zero-order chi connectivity index (χ0) is 16.3. The lowest BCUT2D eigenvalue weighted by Crippen LogP contribution is -2.12. The van der Waals surface area contributed by atoms with Gasteiger partial charge in [0.05, 0.1) is 18.6 Å². The number of carbonyl (C=O) groups excluding carboxylic acids is 1. The smallest absolute Gasteiger partial charge is 0.333 e. The molecule has 1 aromatic heterocycles. The van der Waals surface area contributed by atoms with E-state index in [0.29, 0.717) is 5.82 Å². The van der Waals surface area contributed by atoms with Gasteiger partial charge in [0.25, 0.3) is 0 Å². The van der Waals surface area contributed by atoms with Crippen LogP contribution in [0.4, 0.5) is 5.82 Å². The number of nitrogens with zero attached hydrogens (tertiary/aromatic N) is 1. The highest BCUT2D eigenvalue weighted by molar-refractivity contribution is 5.92. The van der Waals surface area contributed by atoms with E-state index in [9.17, 15) is 9.59 Å². The number of aliphatic carboxylic acids is 1. The third-order valence-corrected chi connectivity index (χ3v) is 2.20. The molecule has 1 rings (SSSR count). The first-order valence-corrected chi connectivity index (χ1v) is 6.81. The molecule has 0 saturated carbocycles. The van der Waals surface area contributed by atoms with Crippen molar-refractivity contribution in [2.45, 2.75) is 34.1 Å². The molecule has 0 unspecified atom stereocenters. The maximum Gasteiger partial charge on any atom is 0.333 e. The van der Waals surface area contributed by atoms with E-state index in [1.165, 1.54) is 6.20 Å². The molecule has 0 spiro atoms. The van der Waals surface area contributed by atoms with Crippen LogP contribution in [0.3, 0.4) is 0 Å². The van der Waals surface area contributed by atoms with Crippen molar-refractivity contribution < 1.29 is 19.4 Å². The Kier molecular flexibility index (Phi) is 9.25. The minimum absolute atomic E-state index is 0.0817. The molecule has 0 aliphatic carbocycles. The quantitative estimate of drug-likeness (QED) is 0.619. The number of carboxylic acids is 1. The summed E-state index contributed by atoms with van der Waals surface area (Å²) in [5.74, 6) is -1.23. The van der Waals surface area contributed by atoms with Gasteiger partial charge in [0.15, 0.2) is 0 Å². The summed E-state index contributed by atoms with van der Waals surface area (Å²) in [6.07, 6.45) is 0.961. The third kappa shape index (κ3) is 7.71. The average molecular weight is 294 g/mol. The Morgan fingerprint density at radius 2 is 2.05 bits per heavy atom. The molecule has 0 aliphatic heterocycles. The van der Waals surface area contributed by atoms with Gasteiger partial charge in [0, 0.05) is 11.9 Å². The van der Waals surface area contributed by atoms with Gasteiger partial charge in [0.1, 0.15) is 5.82 Å². The number of carbonyl (C=O) groups is 2. The van der Waals surface area contributed by atoms with Crippen LogP contribution in [0.1, 0.15) is 32.9 Å². The van der Waals surface area contributed by atoms with Gasteiger partial charge in [0.2, 0.25) is 0 Å². The number of aryl methyl sites for hydroxylation is 1. The second-order valence-electron chi connectivity index (χ2n) is 3.77. The zero-order valence-corrected chi connectivity index (χ0v) is 12.8. The molecule has 0 amide bonds. The molecular weight excluding hydrogens is 272 g/mol. The monoisotopic (exact) mass is 294 g/mol. The highest BCUT2D eigenvalue weighted by Gasteiger charge is 2.13. The summed E-state index contributed by atoms with van der Waals surface area (Å²) >= 11 is 0. The number of pyridine rings is 1. The molecule has 1 heterocycles. The van der Waals surface area contributed by atoms with Gasteiger partial charge in [-0.25, -0.2) is 9.78 Å². The number of hydrogen-bond donors (Lipinski definition) is 2. The van der Waals surface area contributed by atoms with Crippen LogP contribution >= 0.6 is 0 Å². The predicted molar refractivity (Wildman–Crippen MR) is 80.9 cm³/mol. The lowest BCUT2D eigenvalue weighted by molar-refractivity contribution is -0.144. The van der Waals surface area contributed by atoms with Crippen LogP contribution in [0.2, 0.25) is 0 Å². The summed E-state index contributed by atoms with van der Waals surface area (Å²) in [5.41, 5.74) is 0.724. The summed E-state index contributed by atoms with van der Waals surface area (Å²) in [6.45, 7) is 7.71. The van der Waals surface area contributed by atoms with E-state index >= 15 is 0 Å². The second kappa shape index (κ2) is 10.4. The minimum Gasteiger partial charge on any atom is -0.478 e. The van der Waals surface area contributed by atoms with Gasteiger partial charge < -0.3 is 15.2 Å². The normalized spacial score (nSPS) is 10.2. The van der Waals surface area contributed by atoms with Crippen molar-refractivity contribution in [2.75, 3.05) is 11.9 Å². The van der Waals surface area contributed by atoms with E-state index in [4.69, 9.17) is 9.84 Å². The molecule has 0 aliphatic rings. The molecule has 1 aromatic rings. The number of hydrogen-bond acceptors (Lipinski definition) is 5. The molecule has 0 aromatic carbocycles. The highest BCUT2D eigenvalue weighted by Crippen LogP contribution is 2.08. The number of rotatable bonds is 6. The molecule has 21 heavy (non-hydrogen) atoms. The Morgan fingerprint density at radius 3 is 2.57 bits per heavy atom. The fourth-order valence-electron chi connectivity index (χ4n) is 1.34. The summed E-state index contributed by atoms with van der Waals surface area (Å²) in [7, 11) is 0. The van der Waals surface area contributed by atoms with Crippen LogP contribution in [-0.4, -0.2) is 28.6 Å². The van der Waals surface area contributed by atoms with E-state index in [1.54, 1.807) is 19.1 Å². The Hall–Kier alpha value is -2.37. The van der Waals surface area contributed by atoms with Crippen molar-refractivity contribution in [3.8, 4) is 0 Å². The third-order valence-electron chi connectivity index (χ3n) is 2.20. The van der Waals surface area contributed by atoms with E-state index < -0.39 is 11.9 Å². The van der Waals surface area contributed by atoms with Crippen molar-refractivity contribution in [1.82, 2.24) is 4.98 Å². The van der Waals surface area contributed by atoms with Gasteiger partial charge >= 0.3 is 11.9 Å². The van der Waals surface area contributed by atoms with E-state index in [0.717, 1.165) is 5.69 Å². The number of carboxylic acid groups (broad SMARTS) is 1. The molecule has 0 fully saturated rings. The van der Waals surface area contributed by atoms with Crippen LogP contribution in [0.5, 0.6) is 0 Å². The zero-order valence-electron chi connectivity index (χ0n) is 12.8. The molecular formula is C15H22N2O4. The Bertz CT molecular complexity index is 498. The standard InChI is InChI=1S/C13H16N2O4.C2H6/c1-3-19-12(16)7-10(13(17)18)8-14-11-6-4-5-9(2)15-11;1-2/h4-6,8H,3,7H2,1-2H3,(H,14,15)(H,17,18);1-2H3/b10-8-;. The summed E-state index contributed by atoms with van der Waals surface area (Å²) < 4.78 is 4.71. The maximum absolute atomic E-state index is 11.3. The van der Waals surface area contributed by atoms with Gasteiger partial charge in [-0.3, -0.25) is 4.79 Å². The van der Waals surface area contributed by atoms with Gasteiger partial charge in [-0.05, 0) is 26.0 Å². The fraction of sp³-hybridized carbons (Fsp3) is 0.400. The molecule has 6 nitrogen and oxygen atoms in total. The van der Waals surface area contributed by atoms with Gasteiger partial charge in [-0.1, -0.05) is 19.9 Å². The van der Waals surface area contributed by atoms with Crippen LogP contribution in [0.25, 0.3) is 0 Å². The fourth-order valence-corrected chi connectivity index (χ4v) is 1.34. The summed E-state index contributed by atoms with van der Waals surface area (Å²) in [5, 5.41) is 11.7. The lowest BCUT2D eigenvalue weighted by atomic mass is 10.2. The lowest BCUT2D eigenvalue weighted by Gasteiger charge is -2.05. The van der Waals surface area contributed by atoms with E-state index in [2.05, 4.69) is 10.3 Å². The van der Waals surface area contributed by atoms with Crippen LogP contribution < -0.4 is 5.32 Å². The topological polar surface area (TPSA) is 88.5 Å². The number of nitrogens with one attached hydrogen (secondary N) is 1. The molecule has 6 heteroatoms. The molecule has 0 bridgehead atoms. The van der Waals surface area contributed by atoms with Crippen molar-refractivity contribution in [3.63, 3.8) is 0 Å². The number of anilines is 1. The summed E-state index contributed by atoms with van der Waals surface area (Å²) in [4.78, 5) is 26.4. The number of esters is 1. The number of aromatic nitrogens is 1. The molecule has 0 saturated heterocycles. The average Bonchev–Trinajstić information content (AvgIpc) is 2.45. The SMILES string of the molecule is CC.CCOC(=O)C/C(=C/Nc1cccc(C)n1)C(=O)O. The number of ether oxygens (including phenoxy) is 1. The van der Waals surface area contributed by atoms with Gasteiger partial charge in [-0.15, -0.1) is 0 Å².